The molecule has 4 rings (SSSR count). The standard InChI is InChI=1S/C27H27Cl2NO6S2/c1-3-37(33,34)20-10-6-18(7-11-20)27(2,16-31)26(32)30-19-14-23(28)25(24(29)15-19)17-4-8-21(9-5-17)38(35,36)22-12-13-22/h4-11,14-15,22,31H,3,12-13,16H2,1-2H3,(H,30,32). The Bertz CT molecular complexity index is 1560. The number of carbonyl (C=O) groups is 1. The number of halogens is 2. The molecule has 0 radical (unpaired) electrons. The van der Waals surface area contributed by atoms with Gasteiger partial charge in [-0.2, -0.15) is 0 Å². The van der Waals surface area contributed by atoms with Crippen LogP contribution in [0.15, 0.2) is 70.5 Å². The number of aliphatic hydroxyl groups excluding tert-OH is 1. The predicted octanol–water partition coefficient (Wildman–Crippen LogP) is 5.28. The average Bonchev–Trinajstić information content (AvgIpc) is 3.74. The molecule has 1 aliphatic rings. The summed E-state index contributed by atoms with van der Waals surface area (Å²) in [6.45, 7) is 2.56. The van der Waals surface area contributed by atoms with Crippen molar-refractivity contribution in [1.82, 2.24) is 0 Å². The lowest BCUT2D eigenvalue weighted by atomic mass is 9.82. The zero-order valence-corrected chi connectivity index (χ0v) is 23.9. The Kier molecular flexibility index (Phi) is 7.99. The van der Waals surface area contributed by atoms with Gasteiger partial charge in [-0.15, -0.1) is 0 Å². The van der Waals surface area contributed by atoms with Gasteiger partial charge in [0.2, 0.25) is 5.91 Å². The molecule has 1 aliphatic carbocycles. The molecule has 3 aromatic rings. The van der Waals surface area contributed by atoms with Gasteiger partial charge >= 0.3 is 0 Å². The van der Waals surface area contributed by atoms with E-state index in [2.05, 4.69) is 5.32 Å². The first kappa shape index (κ1) is 28.6. The summed E-state index contributed by atoms with van der Waals surface area (Å²) in [5.74, 6) is -0.591. The molecule has 1 amide bonds. The second-order valence-electron chi connectivity index (χ2n) is 9.46. The predicted molar refractivity (Wildman–Crippen MR) is 149 cm³/mol. The van der Waals surface area contributed by atoms with E-state index >= 15 is 0 Å². The quantitative estimate of drug-likeness (QED) is 0.347. The van der Waals surface area contributed by atoms with E-state index in [0.717, 1.165) is 0 Å². The van der Waals surface area contributed by atoms with Crippen LogP contribution in [0.5, 0.6) is 0 Å². The summed E-state index contributed by atoms with van der Waals surface area (Å²) in [6, 6.07) is 15.2. The molecule has 3 aromatic carbocycles. The fourth-order valence-electron chi connectivity index (χ4n) is 4.06. The van der Waals surface area contributed by atoms with Crippen LogP contribution in [0.1, 0.15) is 32.3 Å². The van der Waals surface area contributed by atoms with Crippen molar-refractivity contribution in [2.24, 2.45) is 0 Å². The Balaban J connectivity index is 1.57. The fourth-order valence-corrected chi connectivity index (χ4v) is 7.31. The highest BCUT2D eigenvalue weighted by Crippen LogP contribution is 2.39. The molecule has 11 heteroatoms. The van der Waals surface area contributed by atoms with Crippen LogP contribution in [0.3, 0.4) is 0 Å². The second-order valence-corrected chi connectivity index (χ2v) is 14.8. The van der Waals surface area contributed by atoms with Crippen LogP contribution >= 0.6 is 23.2 Å². The van der Waals surface area contributed by atoms with Crippen molar-refractivity contribution < 1.29 is 26.7 Å². The lowest BCUT2D eigenvalue weighted by Crippen LogP contribution is -2.41. The van der Waals surface area contributed by atoms with Crippen molar-refractivity contribution in [1.29, 1.82) is 0 Å². The smallest absolute Gasteiger partial charge is 0.237 e. The van der Waals surface area contributed by atoms with Gasteiger partial charge in [0.05, 0.1) is 42.9 Å². The summed E-state index contributed by atoms with van der Waals surface area (Å²) >= 11 is 13.0. The Morgan fingerprint density at radius 3 is 1.95 bits per heavy atom. The maximum Gasteiger partial charge on any atom is 0.237 e. The van der Waals surface area contributed by atoms with E-state index in [-0.39, 0.29) is 30.8 Å². The van der Waals surface area contributed by atoms with Crippen LogP contribution < -0.4 is 5.32 Å². The van der Waals surface area contributed by atoms with Crippen molar-refractivity contribution in [3.05, 3.63) is 76.3 Å². The molecule has 202 valence electrons. The van der Waals surface area contributed by atoms with Crippen molar-refractivity contribution >= 4 is 54.5 Å². The molecule has 0 heterocycles. The number of carbonyl (C=O) groups excluding carboxylic acids is 1. The summed E-state index contributed by atoms with van der Waals surface area (Å²) in [4.78, 5) is 13.6. The topological polar surface area (TPSA) is 118 Å². The van der Waals surface area contributed by atoms with Gasteiger partial charge in [-0.3, -0.25) is 4.79 Å². The fraction of sp³-hybridized carbons (Fsp3) is 0.296. The first-order chi connectivity index (χ1) is 17.8. The highest BCUT2D eigenvalue weighted by atomic mass is 35.5. The first-order valence-corrected chi connectivity index (χ1v) is 15.9. The number of hydrogen-bond donors (Lipinski definition) is 2. The summed E-state index contributed by atoms with van der Waals surface area (Å²) in [6.07, 6.45) is 1.35. The molecule has 0 bridgehead atoms. The molecule has 38 heavy (non-hydrogen) atoms. The second kappa shape index (κ2) is 10.6. The van der Waals surface area contributed by atoms with Crippen LogP contribution in [-0.2, 0) is 29.9 Å². The number of nitrogens with one attached hydrogen (secondary N) is 1. The van der Waals surface area contributed by atoms with Gasteiger partial charge in [0, 0.05) is 11.3 Å². The molecule has 1 atom stereocenters. The zero-order chi connectivity index (χ0) is 27.9. The van der Waals surface area contributed by atoms with E-state index in [4.69, 9.17) is 23.2 Å². The Labute approximate surface area is 232 Å². The van der Waals surface area contributed by atoms with Crippen LogP contribution in [0.4, 0.5) is 5.69 Å². The molecule has 1 unspecified atom stereocenters. The molecular formula is C27H27Cl2NO6S2. The minimum Gasteiger partial charge on any atom is -0.395 e. The molecule has 2 N–H and O–H groups in total. The van der Waals surface area contributed by atoms with Gasteiger partial charge in [0.15, 0.2) is 19.7 Å². The van der Waals surface area contributed by atoms with E-state index < -0.39 is 37.6 Å². The van der Waals surface area contributed by atoms with Crippen molar-refractivity contribution in [3.63, 3.8) is 0 Å². The van der Waals surface area contributed by atoms with Gasteiger partial charge in [0.1, 0.15) is 0 Å². The largest absolute Gasteiger partial charge is 0.395 e. The maximum absolute atomic E-state index is 13.2. The lowest BCUT2D eigenvalue weighted by molar-refractivity contribution is -0.122. The van der Waals surface area contributed by atoms with E-state index in [1.54, 1.807) is 26.0 Å². The molecule has 0 saturated heterocycles. The lowest BCUT2D eigenvalue weighted by Gasteiger charge is -2.27. The SMILES string of the molecule is CCS(=O)(=O)c1ccc(C(C)(CO)C(=O)Nc2cc(Cl)c(-c3ccc(S(=O)(=O)C4CC4)cc3)c(Cl)c2)cc1. The number of aliphatic hydroxyl groups is 1. The Hall–Kier alpha value is -2.43. The summed E-state index contributed by atoms with van der Waals surface area (Å²) in [7, 11) is -6.73. The molecule has 1 fully saturated rings. The van der Waals surface area contributed by atoms with E-state index in [1.807, 2.05) is 0 Å². The third-order valence-corrected chi connectivity index (χ3v) is 11.4. The van der Waals surface area contributed by atoms with Gasteiger partial charge in [-0.1, -0.05) is 54.4 Å². The number of benzene rings is 3. The minimum atomic E-state index is -3.41. The zero-order valence-electron chi connectivity index (χ0n) is 20.7. The van der Waals surface area contributed by atoms with Gasteiger partial charge in [0.25, 0.3) is 0 Å². The number of hydrogen-bond acceptors (Lipinski definition) is 6. The third kappa shape index (κ3) is 5.49. The van der Waals surface area contributed by atoms with E-state index in [0.29, 0.717) is 35.2 Å². The van der Waals surface area contributed by atoms with Crippen LogP contribution in [-0.4, -0.2) is 45.5 Å². The van der Waals surface area contributed by atoms with E-state index in [1.165, 1.54) is 48.5 Å². The molecule has 1 saturated carbocycles. The van der Waals surface area contributed by atoms with Crippen molar-refractivity contribution in [2.45, 2.75) is 47.1 Å². The normalized spacial score (nSPS) is 15.6. The number of anilines is 1. The molecule has 0 aliphatic heterocycles. The van der Waals surface area contributed by atoms with Crippen LogP contribution in [0.25, 0.3) is 11.1 Å². The Morgan fingerprint density at radius 2 is 1.47 bits per heavy atom. The van der Waals surface area contributed by atoms with Crippen molar-refractivity contribution in [3.8, 4) is 11.1 Å². The average molecular weight is 597 g/mol. The first-order valence-electron chi connectivity index (χ1n) is 11.9. The molecular weight excluding hydrogens is 569 g/mol. The summed E-state index contributed by atoms with van der Waals surface area (Å²) in [5.41, 5.74) is 0.457. The van der Waals surface area contributed by atoms with E-state index in [9.17, 15) is 26.7 Å². The van der Waals surface area contributed by atoms with Crippen LogP contribution in [0.2, 0.25) is 10.0 Å². The summed E-state index contributed by atoms with van der Waals surface area (Å²) < 4.78 is 49.2. The maximum atomic E-state index is 13.2. The Morgan fingerprint density at radius 1 is 0.947 bits per heavy atom. The third-order valence-electron chi connectivity index (χ3n) is 6.78. The van der Waals surface area contributed by atoms with Crippen LogP contribution in [0, 0.1) is 0 Å². The molecule has 0 spiro atoms. The summed E-state index contributed by atoms with van der Waals surface area (Å²) in [5, 5.41) is 13.0. The van der Waals surface area contributed by atoms with Crippen molar-refractivity contribution in [2.75, 3.05) is 17.7 Å². The molecule has 0 aromatic heterocycles. The van der Waals surface area contributed by atoms with Gasteiger partial charge in [-0.25, -0.2) is 16.8 Å². The molecule has 7 nitrogen and oxygen atoms in total. The number of amides is 1. The number of rotatable bonds is 9. The highest BCUT2D eigenvalue weighted by Gasteiger charge is 2.37. The highest BCUT2D eigenvalue weighted by molar-refractivity contribution is 7.92. The van der Waals surface area contributed by atoms with Gasteiger partial charge in [-0.05, 0) is 67.3 Å². The monoisotopic (exact) mass is 595 g/mol. The number of sulfone groups is 2. The minimum absolute atomic E-state index is 0.0503. The van der Waals surface area contributed by atoms with Gasteiger partial charge < -0.3 is 10.4 Å².